The molecule has 0 atom stereocenters. The monoisotopic (exact) mass is 415 g/mol. The van der Waals surface area contributed by atoms with E-state index in [0.29, 0.717) is 18.7 Å². The molecule has 1 fully saturated rings. The molecule has 1 aliphatic carbocycles. The Morgan fingerprint density at radius 1 is 1.13 bits per heavy atom. The van der Waals surface area contributed by atoms with E-state index in [4.69, 9.17) is 9.47 Å². The standard InChI is InChI=1S/C23H21N5O3/c1-14-3-2-4-17-10-18(22-24-25-26-28(22)21(14)17)12-27(23(29)16-6-7-16)11-15-5-8-19-20(9-15)31-13-30-19/h2-5,8-10,16H,6-7,11-13H2,1H3. The highest BCUT2D eigenvalue weighted by molar-refractivity contribution is 5.86. The van der Waals surface area contributed by atoms with E-state index in [2.05, 4.69) is 27.7 Å². The minimum Gasteiger partial charge on any atom is -0.454 e. The van der Waals surface area contributed by atoms with Gasteiger partial charge in [-0.3, -0.25) is 4.79 Å². The molecule has 1 saturated carbocycles. The van der Waals surface area contributed by atoms with E-state index >= 15 is 0 Å². The van der Waals surface area contributed by atoms with Crippen LogP contribution in [0.25, 0.3) is 16.6 Å². The van der Waals surface area contributed by atoms with Crippen molar-refractivity contribution in [2.45, 2.75) is 32.9 Å². The Morgan fingerprint density at radius 3 is 2.87 bits per heavy atom. The number of carbonyl (C=O) groups excluding carboxylic acids is 1. The molecule has 0 bridgehead atoms. The number of rotatable bonds is 5. The summed E-state index contributed by atoms with van der Waals surface area (Å²) in [6.45, 7) is 3.21. The van der Waals surface area contributed by atoms with Gasteiger partial charge in [0.2, 0.25) is 12.7 Å². The number of para-hydroxylation sites is 1. The van der Waals surface area contributed by atoms with Crippen molar-refractivity contribution in [1.29, 1.82) is 0 Å². The van der Waals surface area contributed by atoms with Gasteiger partial charge in [0, 0.05) is 30.0 Å². The van der Waals surface area contributed by atoms with Gasteiger partial charge in [-0.25, -0.2) is 0 Å². The highest BCUT2D eigenvalue weighted by Gasteiger charge is 2.34. The van der Waals surface area contributed by atoms with Gasteiger partial charge in [-0.15, -0.1) is 5.10 Å². The number of fused-ring (bicyclic) bond motifs is 4. The third-order valence-corrected chi connectivity index (χ3v) is 5.98. The van der Waals surface area contributed by atoms with Gasteiger partial charge in [0.15, 0.2) is 17.1 Å². The van der Waals surface area contributed by atoms with E-state index in [0.717, 1.165) is 51.9 Å². The van der Waals surface area contributed by atoms with E-state index in [-0.39, 0.29) is 18.6 Å². The Morgan fingerprint density at radius 2 is 2.00 bits per heavy atom. The molecule has 0 radical (unpaired) electrons. The highest BCUT2D eigenvalue weighted by atomic mass is 16.7. The maximum atomic E-state index is 13.2. The molecule has 31 heavy (non-hydrogen) atoms. The predicted octanol–water partition coefficient (Wildman–Crippen LogP) is 3.25. The summed E-state index contributed by atoms with van der Waals surface area (Å²) < 4.78 is 12.7. The van der Waals surface area contributed by atoms with Crippen molar-refractivity contribution in [2.75, 3.05) is 6.79 Å². The summed E-state index contributed by atoms with van der Waals surface area (Å²) in [4.78, 5) is 15.1. The zero-order valence-electron chi connectivity index (χ0n) is 17.1. The van der Waals surface area contributed by atoms with Crippen molar-refractivity contribution in [2.24, 2.45) is 5.92 Å². The number of benzene rings is 2. The van der Waals surface area contributed by atoms with Crippen LogP contribution >= 0.6 is 0 Å². The van der Waals surface area contributed by atoms with Crippen LogP contribution in [-0.4, -0.2) is 37.6 Å². The molecule has 2 aliphatic rings. The summed E-state index contributed by atoms with van der Waals surface area (Å²) in [5.41, 5.74) is 4.71. The second-order valence-electron chi connectivity index (χ2n) is 8.25. The first-order valence-corrected chi connectivity index (χ1v) is 10.4. The van der Waals surface area contributed by atoms with Crippen LogP contribution < -0.4 is 9.47 Å². The third kappa shape index (κ3) is 3.15. The number of amides is 1. The largest absolute Gasteiger partial charge is 0.454 e. The Labute approximate surface area is 178 Å². The van der Waals surface area contributed by atoms with Gasteiger partial charge < -0.3 is 14.4 Å². The third-order valence-electron chi connectivity index (χ3n) is 5.98. The molecule has 2 aromatic heterocycles. The molecular formula is C23H21N5O3. The maximum Gasteiger partial charge on any atom is 0.231 e. The lowest BCUT2D eigenvalue weighted by Crippen LogP contribution is -2.31. The molecule has 0 N–H and O–H groups in total. The van der Waals surface area contributed by atoms with E-state index in [1.54, 1.807) is 4.52 Å². The summed E-state index contributed by atoms with van der Waals surface area (Å²) in [5, 5.41) is 13.4. The molecule has 8 nitrogen and oxygen atoms in total. The smallest absolute Gasteiger partial charge is 0.231 e. The fourth-order valence-electron chi connectivity index (χ4n) is 4.26. The van der Waals surface area contributed by atoms with Crippen LogP contribution in [-0.2, 0) is 17.9 Å². The SMILES string of the molecule is Cc1cccc2cc(CN(Cc3ccc4c(c3)OCO4)C(=O)C3CC3)c3nnnn3c12. The summed E-state index contributed by atoms with van der Waals surface area (Å²) in [5.74, 6) is 1.75. The maximum absolute atomic E-state index is 13.2. The molecule has 8 heteroatoms. The number of ether oxygens (including phenoxy) is 2. The average molecular weight is 415 g/mol. The van der Waals surface area contributed by atoms with Gasteiger partial charge in [0.25, 0.3) is 0 Å². The second-order valence-corrected chi connectivity index (χ2v) is 8.25. The van der Waals surface area contributed by atoms with Crippen LogP contribution in [0.3, 0.4) is 0 Å². The van der Waals surface area contributed by atoms with Gasteiger partial charge in [-0.05, 0) is 59.5 Å². The van der Waals surface area contributed by atoms with Crippen molar-refractivity contribution in [3.8, 4) is 11.5 Å². The van der Waals surface area contributed by atoms with Crippen molar-refractivity contribution in [3.05, 3.63) is 59.2 Å². The summed E-state index contributed by atoms with van der Waals surface area (Å²) in [7, 11) is 0. The quantitative estimate of drug-likeness (QED) is 0.498. The fourth-order valence-corrected chi connectivity index (χ4v) is 4.26. The Balaban J connectivity index is 1.39. The van der Waals surface area contributed by atoms with Gasteiger partial charge in [0.05, 0.1) is 5.52 Å². The second kappa shape index (κ2) is 6.94. The van der Waals surface area contributed by atoms with Gasteiger partial charge in [-0.2, -0.15) is 4.52 Å². The number of aromatic nitrogens is 4. The zero-order valence-corrected chi connectivity index (χ0v) is 17.1. The molecule has 156 valence electrons. The van der Waals surface area contributed by atoms with Crippen LogP contribution in [0.1, 0.15) is 29.5 Å². The number of hydrogen-bond donors (Lipinski definition) is 0. The molecule has 6 rings (SSSR count). The van der Waals surface area contributed by atoms with Crippen molar-refractivity contribution in [3.63, 3.8) is 0 Å². The molecular weight excluding hydrogens is 394 g/mol. The first-order chi connectivity index (χ1) is 15.2. The predicted molar refractivity (Wildman–Crippen MR) is 113 cm³/mol. The number of hydrogen-bond acceptors (Lipinski definition) is 6. The van der Waals surface area contributed by atoms with Crippen molar-refractivity contribution >= 4 is 22.5 Å². The van der Waals surface area contributed by atoms with Gasteiger partial charge in [-0.1, -0.05) is 24.3 Å². The number of nitrogens with zero attached hydrogens (tertiary/aromatic N) is 5. The first-order valence-electron chi connectivity index (χ1n) is 10.4. The van der Waals surface area contributed by atoms with E-state index < -0.39 is 0 Å². The number of tetrazole rings is 1. The molecule has 2 aromatic carbocycles. The van der Waals surface area contributed by atoms with Gasteiger partial charge >= 0.3 is 0 Å². The number of aryl methyl sites for hydroxylation is 1. The Kier molecular flexibility index (Phi) is 4.05. The molecule has 0 saturated heterocycles. The summed E-state index contributed by atoms with van der Waals surface area (Å²) >= 11 is 0. The molecule has 1 aliphatic heterocycles. The zero-order chi connectivity index (χ0) is 20.9. The first kappa shape index (κ1) is 18.1. The van der Waals surface area contributed by atoms with Crippen LogP contribution in [0.5, 0.6) is 11.5 Å². The summed E-state index contributed by atoms with van der Waals surface area (Å²) in [6.07, 6.45) is 1.91. The topological polar surface area (TPSA) is 81.9 Å². The molecule has 0 spiro atoms. The fraction of sp³-hybridized carbons (Fsp3) is 0.304. The van der Waals surface area contributed by atoms with Crippen molar-refractivity contribution in [1.82, 2.24) is 24.9 Å². The van der Waals surface area contributed by atoms with Crippen LogP contribution in [0.4, 0.5) is 0 Å². The van der Waals surface area contributed by atoms with Crippen LogP contribution in [0.2, 0.25) is 0 Å². The lowest BCUT2D eigenvalue weighted by molar-refractivity contribution is -0.133. The molecule has 1 amide bonds. The minimum absolute atomic E-state index is 0.115. The number of carbonyl (C=O) groups is 1. The molecule has 4 aromatic rings. The van der Waals surface area contributed by atoms with E-state index in [1.165, 1.54) is 0 Å². The summed E-state index contributed by atoms with van der Waals surface area (Å²) in [6, 6.07) is 14.1. The Hall–Kier alpha value is -3.68. The van der Waals surface area contributed by atoms with Crippen LogP contribution in [0.15, 0.2) is 42.5 Å². The normalized spacial score (nSPS) is 15.0. The lowest BCUT2D eigenvalue weighted by atomic mass is 10.1. The highest BCUT2D eigenvalue weighted by Crippen LogP contribution is 2.35. The van der Waals surface area contributed by atoms with Crippen LogP contribution in [0, 0.1) is 12.8 Å². The number of pyridine rings is 1. The minimum atomic E-state index is 0.115. The van der Waals surface area contributed by atoms with E-state index in [9.17, 15) is 4.79 Å². The Bertz CT molecular complexity index is 1330. The van der Waals surface area contributed by atoms with Gasteiger partial charge in [0.1, 0.15) is 0 Å². The molecule has 0 unspecified atom stereocenters. The van der Waals surface area contributed by atoms with Crippen molar-refractivity contribution < 1.29 is 14.3 Å². The molecule has 3 heterocycles. The lowest BCUT2D eigenvalue weighted by Gasteiger charge is -2.23. The van der Waals surface area contributed by atoms with E-state index in [1.807, 2.05) is 42.2 Å². The average Bonchev–Trinajstić information content (AvgIpc) is 3.30.